The van der Waals surface area contributed by atoms with Gasteiger partial charge in [-0.25, -0.2) is 13.1 Å². The molecule has 0 heterocycles. The van der Waals surface area contributed by atoms with Gasteiger partial charge >= 0.3 is 0 Å². The molecule has 5 nitrogen and oxygen atoms in total. The van der Waals surface area contributed by atoms with Gasteiger partial charge in [0.25, 0.3) is 0 Å². The molecule has 2 rings (SSSR count). The minimum atomic E-state index is -3.71. The van der Waals surface area contributed by atoms with Crippen molar-refractivity contribution in [1.82, 2.24) is 4.72 Å². The molecule has 0 saturated heterocycles. The Balaban J connectivity index is 2.13. The molecule has 0 saturated carbocycles. The highest BCUT2D eigenvalue weighted by Gasteiger charge is 2.17. The molecule has 0 atom stereocenters. The van der Waals surface area contributed by atoms with Gasteiger partial charge in [0.1, 0.15) is 4.90 Å². The van der Waals surface area contributed by atoms with Gasteiger partial charge in [-0.3, -0.25) is 0 Å². The largest absolute Gasteiger partial charge is 0.399 e. The first-order valence-electron chi connectivity index (χ1n) is 6.16. The van der Waals surface area contributed by atoms with E-state index in [1.165, 1.54) is 18.2 Å². The van der Waals surface area contributed by atoms with Crippen LogP contribution in [0.5, 0.6) is 0 Å². The molecule has 0 aliphatic rings. The van der Waals surface area contributed by atoms with Crippen molar-refractivity contribution in [3.8, 4) is 0 Å². The molecule has 21 heavy (non-hydrogen) atoms. The molecule has 0 aromatic heterocycles. The molecule has 112 valence electrons. The summed E-state index contributed by atoms with van der Waals surface area (Å²) in [7, 11) is -3.71. The van der Waals surface area contributed by atoms with E-state index < -0.39 is 10.0 Å². The summed E-state index contributed by atoms with van der Waals surface area (Å²) in [5, 5.41) is 9.03. The predicted octanol–water partition coefficient (Wildman–Crippen LogP) is 1.89. The number of nitrogens with two attached hydrogens (primary N) is 1. The number of anilines is 1. The van der Waals surface area contributed by atoms with Gasteiger partial charge in [-0.15, -0.1) is 0 Å². The van der Waals surface area contributed by atoms with Crippen molar-refractivity contribution in [2.75, 3.05) is 5.73 Å². The standard InChI is InChI=1S/C14H15ClN2O3S/c15-13-7-12(16)5-6-14(13)21(19,20)17-8-10-1-3-11(9-18)4-2-10/h1-7,17-18H,8-9,16H2. The Labute approximate surface area is 128 Å². The number of rotatable bonds is 5. The number of sulfonamides is 1. The number of hydrogen-bond donors (Lipinski definition) is 3. The van der Waals surface area contributed by atoms with Gasteiger partial charge in [-0.05, 0) is 29.3 Å². The lowest BCUT2D eigenvalue weighted by molar-refractivity contribution is 0.282. The Morgan fingerprint density at radius 2 is 1.71 bits per heavy atom. The summed E-state index contributed by atoms with van der Waals surface area (Å²) in [6.45, 7) is 0.0851. The summed E-state index contributed by atoms with van der Waals surface area (Å²) in [6.07, 6.45) is 0. The van der Waals surface area contributed by atoms with Crippen LogP contribution in [-0.4, -0.2) is 13.5 Å². The van der Waals surface area contributed by atoms with Crippen molar-refractivity contribution >= 4 is 27.3 Å². The maximum Gasteiger partial charge on any atom is 0.242 e. The molecule has 0 aliphatic carbocycles. The highest BCUT2D eigenvalue weighted by molar-refractivity contribution is 7.89. The summed E-state index contributed by atoms with van der Waals surface area (Å²) in [5.74, 6) is 0. The number of aliphatic hydroxyl groups excluding tert-OH is 1. The van der Waals surface area contributed by atoms with Gasteiger partial charge in [0.15, 0.2) is 0 Å². The third kappa shape index (κ3) is 3.95. The smallest absolute Gasteiger partial charge is 0.242 e. The highest BCUT2D eigenvalue weighted by atomic mass is 35.5. The van der Waals surface area contributed by atoms with Crippen LogP contribution in [0.15, 0.2) is 47.4 Å². The lowest BCUT2D eigenvalue weighted by atomic mass is 10.1. The quantitative estimate of drug-likeness (QED) is 0.732. The molecule has 0 fully saturated rings. The second-order valence-electron chi connectivity index (χ2n) is 4.49. The Bertz CT molecular complexity index is 730. The van der Waals surface area contributed by atoms with E-state index in [-0.39, 0.29) is 23.1 Å². The van der Waals surface area contributed by atoms with E-state index in [2.05, 4.69) is 4.72 Å². The maximum absolute atomic E-state index is 12.2. The lowest BCUT2D eigenvalue weighted by Gasteiger charge is -2.09. The van der Waals surface area contributed by atoms with E-state index in [1.54, 1.807) is 24.3 Å². The minimum Gasteiger partial charge on any atom is -0.399 e. The molecule has 0 aliphatic heterocycles. The lowest BCUT2D eigenvalue weighted by Crippen LogP contribution is -2.23. The number of benzene rings is 2. The zero-order chi connectivity index (χ0) is 15.5. The van der Waals surface area contributed by atoms with E-state index in [0.717, 1.165) is 11.1 Å². The summed E-state index contributed by atoms with van der Waals surface area (Å²) < 4.78 is 26.8. The van der Waals surface area contributed by atoms with Gasteiger partial charge in [0.2, 0.25) is 10.0 Å². The monoisotopic (exact) mass is 326 g/mol. The molecule has 7 heteroatoms. The fourth-order valence-corrected chi connectivity index (χ4v) is 3.32. The van der Waals surface area contributed by atoms with E-state index in [1.807, 2.05) is 0 Å². The van der Waals surface area contributed by atoms with Crippen molar-refractivity contribution in [3.05, 3.63) is 58.6 Å². The van der Waals surface area contributed by atoms with Crippen LogP contribution in [0.3, 0.4) is 0 Å². The second kappa shape index (κ2) is 6.44. The Morgan fingerprint density at radius 3 is 2.29 bits per heavy atom. The van der Waals surface area contributed by atoms with Crippen LogP contribution in [0.2, 0.25) is 5.02 Å². The molecule has 0 bridgehead atoms. The molecule has 2 aromatic rings. The fraction of sp³-hybridized carbons (Fsp3) is 0.143. The predicted molar refractivity (Wildman–Crippen MR) is 82.3 cm³/mol. The SMILES string of the molecule is Nc1ccc(S(=O)(=O)NCc2ccc(CO)cc2)c(Cl)c1. The molecule has 2 aromatic carbocycles. The molecular formula is C14H15ClN2O3S. The van der Waals surface area contributed by atoms with Gasteiger partial charge in [-0.2, -0.15) is 0 Å². The Morgan fingerprint density at radius 1 is 1.10 bits per heavy atom. The zero-order valence-electron chi connectivity index (χ0n) is 11.1. The van der Waals surface area contributed by atoms with Crippen molar-refractivity contribution in [2.45, 2.75) is 18.0 Å². The summed E-state index contributed by atoms with van der Waals surface area (Å²) in [6, 6.07) is 11.2. The molecule has 4 N–H and O–H groups in total. The number of hydrogen-bond acceptors (Lipinski definition) is 4. The van der Waals surface area contributed by atoms with Crippen LogP contribution in [0.4, 0.5) is 5.69 Å². The van der Waals surface area contributed by atoms with Crippen molar-refractivity contribution < 1.29 is 13.5 Å². The number of aliphatic hydroxyl groups is 1. The fourth-order valence-electron chi connectivity index (χ4n) is 1.75. The first kappa shape index (κ1) is 15.8. The second-order valence-corrected chi connectivity index (χ2v) is 6.63. The molecule has 0 unspecified atom stereocenters. The zero-order valence-corrected chi connectivity index (χ0v) is 12.7. The van der Waals surface area contributed by atoms with Gasteiger partial charge in [0.05, 0.1) is 11.6 Å². The Hall–Kier alpha value is -1.60. The van der Waals surface area contributed by atoms with Gasteiger partial charge in [-0.1, -0.05) is 35.9 Å². The molecular weight excluding hydrogens is 312 g/mol. The first-order chi connectivity index (χ1) is 9.92. The van der Waals surface area contributed by atoms with E-state index >= 15 is 0 Å². The molecule has 0 amide bonds. The van der Waals surface area contributed by atoms with Crippen LogP contribution in [-0.2, 0) is 23.2 Å². The summed E-state index contributed by atoms with van der Waals surface area (Å²) >= 11 is 5.91. The van der Waals surface area contributed by atoms with Crippen LogP contribution in [0, 0.1) is 0 Å². The molecule has 0 radical (unpaired) electrons. The summed E-state index contributed by atoms with van der Waals surface area (Å²) in [4.78, 5) is -0.00894. The van der Waals surface area contributed by atoms with E-state index in [9.17, 15) is 8.42 Å². The van der Waals surface area contributed by atoms with Crippen LogP contribution >= 0.6 is 11.6 Å². The third-order valence-electron chi connectivity index (χ3n) is 2.92. The number of nitrogens with one attached hydrogen (secondary N) is 1. The van der Waals surface area contributed by atoms with Crippen LogP contribution in [0.1, 0.15) is 11.1 Å². The topological polar surface area (TPSA) is 92.4 Å². The van der Waals surface area contributed by atoms with Crippen molar-refractivity contribution in [3.63, 3.8) is 0 Å². The van der Waals surface area contributed by atoms with Crippen LogP contribution < -0.4 is 10.5 Å². The minimum absolute atomic E-state index is 0.00894. The third-order valence-corrected chi connectivity index (χ3v) is 4.80. The average molecular weight is 327 g/mol. The Kier molecular flexibility index (Phi) is 4.84. The normalized spacial score (nSPS) is 11.5. The van der Waals surface area contributed by atoms with Gasteiger partial charge in [0, 0.05) is 12.2 Å². The molecule has 0 spiro atoms. The van der Waals surface area contributed by atoms with E-state index in [4.69, 9.17) is 22.4 Å². The van der Waals surface area contributed by atoms with E-state index in [0.29, 0.717) is 5.69 Å². The number of halogens is 1. The first-order valence-corrected chi connectivity index (χ1v) is 8.02. The van der Waals surface area contributed by atoms with Crippen LogP contribution in [0.25, 0.3) is 0 Å². The summed E-state index contributed by atoms with van der Waals surface area (Å²) in [5.41, 5.74) is 7.49. The average Bonchev–Trinajstić information content (AvgIpc) is 2.45. The number of nitrogen functional groups attached to an aromatic ring is 1. The van der Waals surface area contributed by atoms with Crippen molar-refractivity contribution in [2.24, 2.45) is 0 Å². The maximum atomic E-state index is 12.2. The highest BCUT2D eigenvalue weighted by Crippen LogP contribution is 2.23. The van der Waals surface area contributed by atoms with Crippen molar-refractivity contribution in [1.29, 1.82) is 0 Å². The van der Waals surface area contributed by atoms with Gasteiger partial charge < -0.3 is 10.8 Å².